The number of anilines is 2. The second kappa shape index (κ2) is 5.55. The molecule has 3 nitrogen and oxygen atoms in total. The van der Waals surface area contributed by atoms with Gasteiger partial charge in [0.05, 0.1) is 11.6 Å². The predicted molar refractivity (Wildman–Crippen MR) is 78.3 cm³/mol. The van der Waals surface area contributed by atoms with E-state index in [0.717, 1.165) is 16.9 Å². The Morgan fingerprint density at radius 3 is 2.32 bits per heavy atom. The van der Waals surface area contributed by atoms with Crippen LogP contribution in [0.1, 0.15) is 24.1 Å². The van der Waals surface area contributed by atoms with Gasteiger partial charge in [0.25, 0.3) is 0 Å². The maximum atomic E-state index is 8.82. The van der Waals surface area contributed by atoms with Crippen LogP contribution < -0.4 is 10.6 Å². The van der Waals surface area contributed by atoms with Gasteiger partial charge in [-0.2, -0.15) is 5.26 Å². The van der Waals surface area contributed by atoms with Gasteiger partial charge in [-0.15, -0.1) is 0 Å². The van der Waals surface area contributed by atoms with Crippen LogP contribution in [0.2, 0.25) is 0 Å². The lowest BCUT2D eigenvalue weighted by Gasteiger charge is -2.24. The van der Waals surface area contributed by atoms with Crippen LogP contribution in [0.3, 0.4) is 0 Å². The topological polar surface area (TPSA) is 53.0 Å². The summed E-state index contributed by atoms with van der Waals surface area (Å²) >= 11 is 0. The molecule has 96 valence electrons. The quantitative estimate of drug-likeness (QED) is 0.910. The Labute approximate surface area is 113 Å². The van der Waals surface area contributed by atoms with Gasteiger partial charge in [-0.05, 0) is 42.8 Å². The highest BCUT2D eigenvalue weighted by Crippen LogP contribution is 2.29. The molecule has 0 spiro atoms. The first-order valence-electron chi connectivity index (χ1n) is 6.22. The number of hydrogen-bond acceptors (Lipinski definition) is 3. The van der Waals surface area contributed by atoms with E-state index in [1.165, 1.54) is 0 Å². The SMILES string of the molecule is CC(N)c1ccccc1N(C)c1ccc(C#N)cc1. The lowest BCUT2D eigenvalue weighted by molar-refractivity contribution is 0.815. The number of rotatable bonds is 3. The summed E-state index contributed by atoms with van der Waals surface area (Å²) in [6, 6.07) is 17.7. The van der Waals surface area contributed by atoms with Gasteiger partial charge in [-0.25, -0.2) is 0 Å². The Balaban J connectivity index is 2.38. The van der Waals surface area contributed by atoms with Gasteiger partial charge in [0.2, 0.25) is 0 Å². The molecule has 2 N–H and O–H groups in total. The van der Waals surface area contributed by atoms with Gasteiger partial charge in [0, 0.05) is 24.5 Å². The zero-order valence-electron chi connectivity index (χ0n) is 11.2. The average molecular weight is 251 g/mol. The third-order valence-electron chi connectivity index (χ3n) is 3.17. The highest BCUT2D eigenvalue weighted by atomic mass is 15.1. The highest BCUT2D eigenvalue weighted by Gasteiger charge is 2.11. The number of nitrogens with two attached hydrogens (primary N) is 1. The molecule has 0 aromatic heterocycles. The molecule has 0 bridgehead atoms. The lowest BCUT2D eigenvalue weighted by atomic mass is 10.1. The van der Waals surface area contributed by atoms with E-state index in [4.69, 9.17) is 11.0 Å². The first-order chi connectivity index (χ1) is 9.13. The maximum Gasteiger partial charge on any atom is 0.0991 e. The summed E-state index contributed by atoms with van der Waals surface area (Å²) in [7, 11) is 2.00. The van der Waals surface area contributed by atoms with E-state index < -0.39 is 0 Å². The van der Waals surface area contributed by atoms with Crippen LogP contribution in [-0.2, 0) is 0 Å². The number of nitrogens with zero attached hydrogens (tertiary/aromatic N) is 2. The molecular formula is C16H17N3. The van der Waals surface area contributed by atoms with Gasteiger partial charge in [0.1, 0.15) is 0 Å². The fourth-order valence-corrected chi connectivity index (χ4v) is 2.08. The summed E-state index contributed by atoms with van der Waals surface area (Å²) in [5, 5.41) is 8.82. The van der Waals surface area contributed by atoms with Gasteiger partial charge in [0.15, 0.2) is 0 Å². The molecule has 2 aromatic carbocycles. The first kappa shape index (κ1) is 13.1. The molecule has 0 amide bonds. The summed E-state index contributed by atoms with van der Waals surface area (Å²) in [4.78, 5) is 2.08. The number of para-hydroxylation sites is 1. The third kappa shape index (κ3) is 2.75. The Hall–Kier alpha value is -2.31. The molecule has 0 saturated heterocycles. The number of hydrogen-bond donors (Lipinski definition) is 1. The second-order valence-electron chi connectivity index (χ2n) is 4.57. The molecule has 0 aliphatic heterocycles. The van der Waals surface area contributed by atoms with Crippen molar-refractivity contribution in [3.05, 3.63) is 59.7 Å². The van der Waals surface area contributed by atoms with Gasteiger partial charge in [-0.1, -0.05) is 18.2 Å². The van der Waals surface area contributed by atoms with Crippen LogP contribution in [0, 0.1) is 11.3 Å². The molecule has 0 radical (unpaired) electrons. The molecule has 2 aromatic rings. The minimum Gasteiger partial charge on any atom is -0.344 e. The van der Waals surface area contributed by atoms with Crippen molar-refractivity contribution in [2.45, 2.75) is 13.0 Å². The smallest absolute Gasteiger partial charge is 0.0991 e. The summed E-state index contributed by atoms with van der Waals surface area (Å²) in [6.07, 6.45) is 0. The van der Waals surface area contributed by atoms with Crippen LogP contribution in [0.5, 0.6) is 0 Å². The summed E-state index contributed by atoms with van der Waals surface area (Å²) in [5.41, 5.74) is 9.90. The van der Waals surface area contributed by atoms with Gasteiger partial charge in [-0.3, -0.25) is 0 Å². The van der Waals surface area contributed by atoms with Crippen molar-refractivity contribution in [3.63, 3.8) is 0 Å². The van der Waals surface area contributed by atoms with Crippen molar-refractivity contribution < 1.29 is 0 Å². The van der Waals surface area contributed by atoms with Crippen LogP contribution in [0.4, 0.5) is 11.4 Å². The Bertz CT molecular complexity index is 594. The molecule has 0 aliphatic rings. The molecular weight excluding hydrogens is 234 g/mol. The van der Waals surface area contributed by atoms with Crippen molar-refractivity contribution in [3.8, 4) is 6.07 Å². The Kier molecular flexibility index (Phi) is 3.84. The van der Waals surface area contributed by atoms with Crippen molar-refractivity contribution >= 4 is 11.4 Å². The fraction of sp³-hybridized carbons (Fsp3) is 0.188. The van der Waals surface area contributed by atoms with Crippen molar-refractivity contribution in [1.82, 2.24) is 0 Å². The van der Waals surface area contributed by atoms with Crippen molar-refractivity contribution in [2.24, 2.45) is 5.73 Å². The third-order valence-corrected chi connectivity index (χ3v) is 3.17. The van der Waals surface area contributed by atoms with Crippen LogP contribution in [0.15, 0.2) is 48.5 Å². The maximum absolute atomic E-state index is 8.82. The summed E-state index contributed by atoms with van der Waals surface area (Å²) < 4.78 is 0. The molecule has 2 rings (SSSR count). The predicted octanol–water partition coefficient (Wildman–Crippen LogP) is 3.35. The highest BCUT2D eigenvalue weighted by molar-refractivity contribution is 5.66. The van der Waals surface area contributed by atoms with Gasteiger partial charge < -0.3 is 10.6 Å². The molecule has 3 heteroatoms. The minimum atomic E-state index is -0.0166. The summed E-state index contributed by atoms with van der Waals surface area (Å²) in [6.45, 7) is 1.98. The number of benzene rings is 2. The van der Waals surface area contributed by atoms with Crippen LogP contribution in [0.25, 0.3) is 0 Å². The molecule has 1 unspecified atom stereocenters. The fourth-order valence-electron chi connectivity index (χ4n) is 2.08. The molecule has 0 aliphatic carbocycles. The normalized spacial score (nSPS) is 11.7. The van der Waals surface area contributed by atoms with E-state index >= 15 is 0 Å². The minimum absolute atomic E-state index is 0.0166. The molecule has 19 heavy (non-hydrogen) atoms. The van der Waals surface area contributed by atoms with E-state index in [2.05, 4.69) is 17.0 Å². The van der Waals surface area contributed by atoms with Crippen molar-refractivity contribution in [1.29, 1.82) is 5.26 Å². The zero-order valence-corrected chi connectivity index (χ0v) is 11.2. The molecule has 1 atom stereocenters. The lowest BCUT2D eigenvalue weighted by Crippen LogP contribution is -2.15. The number of nitriles is 1. The molecule has 0 saturated carbocycles. The summed E-state index contributed by atoms with van der Waals surface area (Å²) in [5.74, 6) is 0. The average Bonchev–Trinajstić information content (AvgIpc) is 2.46. The van der Waals surface area contributed by atoms with Crippen LogP contribution in [-0.4, -0.2) is 7.05 Å². The van der Waals surface area contributed by atoms with E-state index in [-0.39, 0.29) is 6.04 Å². The van der Waals surface area contributed by atoms with E-state index in [9.17, 15) is 0 Å². The monoisotopic (exact) mass is 251 g/mol. The van der Waals surface area contributed by atoms with Gasteiger partial charge >= 0.3 is 0 Å². The Morgan fingerprint density at radius 2 is 1.74 bits per heavy atom. The van der Waals surface area contributed by atoms with Crippen LogP contribution >= 0.6 is 0 Å². The van der Waals surface area contributed by atoms with E-state index in [0.29, 0.717) is 5.56 Å². The Morgan fingerprint density at radius 1 is 1.11 bits per heavy atom. The van der Waals surface area contributed by atoms with E-state index in [1.54, 1.807) is 0 Å². The second-order valence-corrected chi connectivity index (χ2v) is 4.57. The largest absolute Gasteiger partial charge is 0.344 e. The zero-order chi connectivity index (χ0) is 13.8. The molecule has 0 fully saturated rings. The van der Waals surface area contributed by atoms with E-state index in [1.807, 2.05) is 56.4 Å². The first-order valence-corrected chi connectivity index (χ1v) is 6.22. The molecule has 0 heterocycles. The standard InChI is InChI=1S/C16H17N3/c1-12(18)15-5-3-4-6-16(15)19(2)14-9-7-13(11-17)8-10-14/h3-10,12H,18H2,1-2H3. The van der Waals surface area contributed by atoms with Crippen molar-refractivity contribution in [2.75, 3.05) is 11.9 Å².